The highest BCUT2D eigenvalue weighted by molar-refractivity contribution is 6.07. The number of carbonyl (C=O) groups excluding carboxylic acids is 2. The summed E-state index contributed by atoms with van der Waals surface area (Å²) in [5, 5.41) is 2.84. The van der Waals surface area contributed by atoms with Crippen LogP contribution >= 0.6 is 0 Å². The molecule has 3 rings (SSSR count). The maximum atomic E-state index is 12.5. The summed E-state index contributed by atoms with van der Waals surface area (Å²) in [5.41, 5.74) is 3.61. The zero-order valence-electron chi connectivity index (χ0n) is 12.8. The van der Waals surface area contributed by atoms with E-state index >= 15 is 0 Å². The van der Waals surface area contributed by atoms with Crippen LogP contribution < -0.4 is 5.32 Å². The summed E-state index contributed by atoms with van der Waals surface area (Å²) in [5.74, 6) is -0.0226. The molecule has 0 radical (unpaired) electrons. The molecule has 3 nitrogen and oxygen atoms in total. The highest BCUT2D eigenvalue weighted by Crippen LogP contribution is 2.35. The molecule has 1 heterocycles. The van der Waals surface area contributed by atoms with Gasteiger partial charge in [0, 0.05) is 17.7 Å². The monoisotopic (exact) mass is 293 g/mol. The first-order valence-electron chi connectivity index (χ1n) is 7.59. The van der Waals surface area contributed by atoms with E-state index in [4.69, 9.17) is 0 Å². The third kappa shape index (κ3) is 2.67. The van der Waals surface area contributed by atoms with E-state index in [0.717, 1.165) is 11.3 Å². The normalized spacial score (nSPS) is 16.5. The highest BCUT2D eigenvalue weighted by atomic mass is 16.2. The Balaban J connectivity index is 1.78. The van der Waals surface area contributed by atoms with E-state index in [0.29, 0.717) is 11.5 Å². The first-order chi connectivity index (χ1) is 10.6. The molecule has 1 aliphatic heterocycles. The van der Waals surface area contributed by atoms with Gasteiger partial charge in [0.05, 0.1) is 5.92 Å². The summed E-state index contributed by atoms with van der Waals surface area (Å²) < 4.78 is 0. The van der Waals surface area contributed by atoms with Gasteiger partial charge in [0.25, 0.3) is 0 Å². The number of Topliss-reactive ketones (excluding diaryl/α,β-unsaturated/α-hetero) is 1. The highest BCUT2D eigenvalue weighted by Gasteiger charge is 2.32. The number of nitrogens with one attached hydrogen (secondary N) is 1. The van der Waals surface area contributed by atoms with Gasteiger partial charge in [0.1, 0.15) is 0 Å². The van der Waals surface area contributed by atoms with Crippen LogP contribution in [0.5, 0.6) is 0 Å². The maximum Gasteiger partial charge on any atom is 0.232 e. The number of carbonyl (C=O) groups is 2. The second-order valence-corrected chi connectivity index (χ2v) is 6.03. The fourth-order valence-corrected chi connectivity index (χ4v) is 2.84. The van der Waals surface area contributed by atoms with Crippen molar-refractivity contribution < 1.29 is 9.59 Å². The van der Waals surface area contributed by atoms with Gasteiger partial charge < -0.3 is 5.32 Å². The van der Waals surface area contributed by atoms with Crippen molar-refractivity contribution in [1.82, 2.24) is 0 Å². The molecule has 1 amide bonds. The number of rotatable bonds is 4. The molecule has 1 unspecified atom stereocenters. The molecule has 2 aromatic rings. The molecule has 0 aromatic heterocycles. The number of ketones is 1. The number of para-hydroxylation sites is 1. The largest absolute Gasteiger partial charge is 0.325 e. The van der Waals surface area contributed by atoms with E-state index < -0.39 is 0 Å². The molecule has 0 saturated heterocycles. The number of anilines is 1. The standard InChI is InChI=1S/C19H19NO2/c1-12(2)13-7-9-14(10-8-13)18(21)11-16-15-5-3-4-6-17(15)20-19(16)22/h3-10,12,16H,11H2,1-2H3,(H,20,22). The number of hydrogen-bond donors (Lipinski definition) is 1. The summed E-state index contributed by atoms with van der Waals surface area (Å²) in [6, 6.07) is 15.2. The van der Waals surface area contributed by atoms with E-state index in [2.05, 4.69) is 19.2 Å². The third-order valence-corrected chi connectivity index (χ3v) is 4.20. The smallest absolute Gasteiger partial charge is 0.232 e. The Hall–Kier alpha value is -2.42. The lowest BCUT2D eigenvalue weighted by atomic mass is 9.92. The second kappa shape index (κ2) is 5.76. The minimum Gasteiger partial charge on any atom is -0.325 e. The molecular formula is C19H19NO2. The quantitative estimate of drug-likeness (QED) is 0.862. The molecule has 0 spiro atoms. The van der Waals surface area contributed by atoms with Crippen molar-refractivity contribution in [2.75, 3.05) is 5.32 Å². The second-order valence-electron chi connectivity index (χ2n) is 6.03. The molecule has 3 heteroatoms. The van der Waals surface area contributed by atoms with Gasteiger partial charge in [-0.15, -0.1) is 0 Å². The van der Waals surface area contributed by atoms with Crippen molar-refractivity contribution in [2.24, 2.45) is 0 Å². The Labute approximate surface area is 130 Å². The molecule has 1 atom stereocenters. The number of amides is 1. The summed E-state index contributed by atoms with van der Waals surface area (Å²) in [4.78, 5) is 24.5. The first kappa shape index (κ1) is 14.5. The van der Waals surface area contributed by atoms with Crippen LogP contribution in [0.3, 0.4) is 0 Å². The predicted octanol–water partition coefficient (Wildman–Crippen LogP) is 4.12. The molecule has 1 aliphatic rings. The molecule has 112 valence electrons. The van der Waals surface area contributed by atoms with Crippen molar-refractivity contribution in [3.8, 4) is 0 Å². The van der Waals surface area contributed by atoms with E-state index in [-0.39, 0.29) is 24.0 Å². The van der Waals surface area contributed by atoms with Gasteiger partial charge in [0.2, 0.25) is 5.91 Å². The van der Waals surface area contributed by atoms with Crippen LogP contribution in [-0.4, -0.2) is 11.7 Å². The fraction of sp³-hybridized carbons (Fsp3) is 0.263. The van der Waals surface area contributed by atoms with Crippen LogP contribution in [0, 0.1) is 0 Å². The van der Waals surface area contributed by atoms with Crippen LogP contribution in [0.2, 0.25) is 0 Å². The molecule has 0 fully saturated rings. The third-order valence-electron chi connectivity index (χ3n) is 4.20. The van der Waals surface area contributed by atoms with Crippen LogP contribution in [0.15, 0.2) is 48.5 Å². The Morgan fingerprint density at radius 2 is 1.77 bits per heavy atom. The average Bonchev–Trinajstić information content (AvgIpc) is 2.83. The molecular weight excluding hydrogens is 274 g/mol. The summed E-state index contributed by atoms with van der Waals surface area (Å²) in [7, 11) is 0. The molecule has 0 bridgehead atoms. The SMILES string of the molecule is CC(C)c1ccc(C(=O)CC2C(=O)Nc3ccccc32)cc1. The fourth-order valence-electron chi connectivity index (χ4n) is 2.84. The van der Waals surface area contributed by atoms with Gasteiger partial charge in [-0.1, -0.05) is 56.3 Å². The van der Waals surface area contributed by atoms with Gasteiger partial charge in [-0.3, -0.25) is 9.59 Å². The lowest BCUT2D eigenvalue weighted by Crippen LogP contribution is -2.16. The van der Waals surface area contributed by atoms with Crippen molar-refractivity contribution >= 4 is 17.4 Å². The van der Waals surface area contributed by atoms with E-state index in [9.17, 15) is 9.59 Å². The van der Waals surface area contributed by atoms with Crippen LogP contribution in [0.1, 0.15) is 53.6 Å². The molecule has 0 saturated carbocycles. The van der Waals surface area contributed by atoms with Gasteiger partial charge >= 0.3 is 0 Å². The number of hydrogen-bond acceptors (Lipinski definition) is 2. The topological polar surface area (TPSA) is 46.2 Å². The van der Waals surface area contributed by atoms with E-state index in [1.807, 2.05) is 48.5 Å². The molecule has 1 N–H and O–H groups in total. The van der Waals surface area contributed by atoms with Crippen LogP contribution in [0.25, 0.3) is 0 Å². The minimum atomic E-state index is -0.381. The lowest BCUT2D eigenvalue weighted by Gasteiger charge is -2.09. The first-order valence-corrected chi connectivity index (χ1v) is 7.59. The zero-order chi connectivity index (χ0) is 15.7. The van der Waals surface area contributed by atoms with Gasteiger partial charge in [-0.05, 0) is 23.1 Å². The van der Waals surface area contributed by atoms with E-state index in [1.54, 1.807) is 0 Å². The number of fused-ring (bicyclic) bond motifs is 1. The van der Waals surface area contributed by atoms with Gasteiger partial charge in [-0.25, -0.2) is 0 Å². The van der Waals surface area contributed by atoms with Crippen LogP contribution in [-0.2, 0) is 4.79 Å². The Morgan fingerprint density at radius 1 is 1.09 bits per heavy atom. The van der Waals surface area contributed by atoms with Crippen molar-refractivity contribution in [3.63, 3.8) is 0 Å². The predicted molar refractivity (Wildman–Crippen MR) is 87.3 cm³/mol. The Bertz CT molecular complexity index is 716. The Kier molecular flexibility index (Phi) is 3.80. The zero-order valence-corrected chi connectivity index (χ0v) is 12.8. The average molecular weight is 293 g/mol. The summed E-state index contributed by atoms with van der Waals surface area (Å²) >= 11 is 0. The van der Waals surface area contributed by atoms with Crippen LogP contribution in [0.4, 0.5) is 5.69 Å². The van der Waals surface area contributed by atoms with Crippen molar-refractivity contribution in [3.05, 3.63) is 65.2 Å². The maximum absolute atomic E-state index is 12.5. The van der Waals surface area contributed by atoms with Crippen molar-refractivity contribution in [2.45, 2.75) is 32.1 Å². The number of benzene rings is 2. The molecule has 0 aliphatic carbocycles. The van der Waals surface area contributed by atoms with E-state index in [1.165, 1.54) is 5.56 Å². The van der Waals surface area contributed by atoms with Crippen molar-refractivity contribution in [1.29, 1.82) is 0 Å². The molecule has 22 heavy (non-hydrogen) atoms. The summed E-state index contributed by atoms with van der Waals surface area (Å²) in [6.07, 6.45) is 0.212. The lowest BCUT2D eigenvalue weighted by molar-refractivity contribution is -0.117. The summed E-state index contributed by atoms with van der Waals surface area (Å²) in [6.45, 7) is 4.24. The Morgan fingerprint density at radius 3 is 2.45 bits per heavy atom. The van der Waals surface area contributed by atoms with Gasteiger partial charge in [0.15, 0.2) is 5.78 Å². The van der Waals surface area contributed by atoms with Gasteiger partial charge in [-0.2, -0.15) is 0 Å². The molecule has 2 aromatic carbocycles. The minimum absolute atomic E-state index is 0.00663.